The fraction of sp³-hybridized carbons (Fsp3) is 0. The molecule has 1 aromatic carbocycles. The van der Waals surface area contributed by atoms with E-state index in [1.807, 2.05) is 0 Å². The van der Waals surface area contributed by atoms with Crippen molar-refractivity contribution in [3.8, 4) is 5.69 Å². The second kappa shape index (κ2) is 3.23. The molecule has 2 rings (SSSR count). The molecule has 5 heteroatoms. The van der Waals surface area contributed by atoms with Crippen molar-refractivity contribution in [1.29, 1.82) is 0 Å². The molecule has 0 atom stereocenters. The van der Waals surface area contributed by atoms with Crippen molar-refractivity contribution in [3.05, 3.63) is 46.1 Å². The summed E-state index contributed by atoms with van der Waals surface area (Å²) in [7, 11) is 0. The van der Waals surface area contributed by atoms with Crippen LogP contribution in [-0.4, -0.2) is 9.55 Å². The van der Waals surface area contributed by atoms with Crippen LogP contribution < -0.4 is 11.4 Å². The zero-order chi connectivity index (χ0) is 10.1. The summed E-state index contributed by atoms with van der Waals surface area (Å²) in [4.78, 5) is 13.8. The number of nitrogen functional groups attached to an aromatic ring is 1. The van der Waals surface area contributed by atoms with Gasteiger partial charge in [-0.2, -0.15) is 0 Å². The third-order valence-electron chi connectivity index (χ3n) is 1.88. The molecular formula is C9H8ClN3O. The fourth-order valence-electron chi connectivity index (χ4n) is 1.21. The van der Waals surface area contributed by atoms with Crippen molar-refractivity contribution in [1.82, 2.24) is 9.55 Å². The Labute approximate surface area is 84.9 Å². The summed E-state index contributed by atoms with van der Waals surface area (Å²) in [5.74, 6) is 0. The molecule has 0 aliphatic carbocycles. The highest BCUT2D eigenvalue weighted by atomic mass is 35.5. The van der Waals surface area contributed by atoms with Crippen molar-refractivity contribution in [2.45, 2.75) is 0 Å². The molecule has 3 N–H and O–H groups in total. The largest absolute Gasteiger partial charge is 0.399 e. The average Bonchev–Trinajstić information content (AvgIpc) is 2.49. The number of hydrogen-bond acceptors (Lipinski definition) is 2. The topological polar surface area (TPSA) is 63.8 Å². The molecule has 0 radical (unpaired) electrons. The van der Waals surface area contributed by atoms with Gasteiger partial charge in [0.05, 0.1) is 5.69 Å². The maximum absolute atomic E-state index is 11.3. The molecule has 0 unspecified atom stereocenters. The van der Waals surface area contributed by atoms with Crippen LogP contribution in [0.3, 0.4) is 0 Å². The number of nitrogens with zero attached hydrogens (tertiary/aromatic N) is 1. The molecule has 72 valence electrons. The number of H-pyrrole nitrogens is 1. The average molecular weight is 210 g/mol. The lowest BCUT2D eigenvalue weighted by atomic mass is 10.3. The molecule has 0 amide bonds. The molecule has 2 aromatic rings. The standard InChI is InChI=1S/C9H8ClN3O/c10-8-5-12-9(14)13(8)7-3-1-6(11)2-4-7/h1-5H,11H2,(H,12,14). The van der Waals surface area contributed by atoms with Crippen molar-refractivity contribution >= 4 is 17.3 Å². The summed E-state index contributed by atoms with van der Waals surface area (Å²) in [6, 6.07) is 6.89. The molecule has 0 saturated carbocycles. The number of imidazole rings is 1. The molecule has 4 nitrogen and oxygen atoms in total. The lowest BCUT2D eigenvalue weighted by molar-refractivity contribution is 0.988. The van der Waals surface area contributed by atoms with Crippen LogP contribution in [0.15, 0.2) is 35.3 Å². The van der Waals surface area contributed by atoms with Gasteiger partial charge in [-0.3, -0.25) is 4.57 Å². The van der Waals surface area contributed by atoms with E-state index in [4.69, 9.17) is 17.3 Å². The van der Waals surface area contributed by atoms with Crippen molar-refractivity contribution in [2.75, 3.05) is 5.73 Å². The number of anilines is 1. The Morgan fingerprint density at radius 1 is 1.29 bits per heavy atom. The first-order valence-electron chi connectivity index (χ1n) is 4.00. The van der Waals surface area contributed by atoms with E-state index in [1.165, 1.54) is 10.8 Å². The van der Waals surface area contributed by atoms with Gasteiger partial charge in [0.25, 0.3) is 0 Å². The van der Waals surface area contributed by atoms with E-state index in [2.05, 4.69) is 4.98 Å². The molecule has 0 saturated heterocycles. The molecule has 14 heavy (non-hydrogen) atoms. The van der Waals surface area contributed by atoms with Gasteiger partial charge >= 0.3 is 5.69 Å². The first kappa shape index (κ1) is 8.90. The summed E-state index contributed by atoms with van der Waals surface area (Å²) >= 11 is 5.82. The number of hydrogen-bond donors (Lipinski definition) is 2. The van der Waals surface area contributed by atoms with E-state index in [0.29, 0.717) is 16.5 Å². The Morgan fingerprint density at radius 3 is 2.43 bits per heavy atom. The van der Waals surface area contributed by atoms with E-state index >= 15 is 0 Å². The van der Waals surface area contributed by atoms with Gasteiger partial charge in [0, 0.05) is 11.9 Å². The molecule has 0 spiro atoms. The first-order chi connectivity index (χ1) is 6.68. The number of halogens is 1. The summed E-state index contributed by atoms with van der Waals surface area (Å²) in [6.45, 7) is 0. The number of nitrogens with two attached hydrogens (primary N) is 1. The van der Waals surface area contributed by atoms with Crippen LogP contribution in [0.4, 0.5) is 5.69 Å². The lowest BCUT2D eigenvalue weighted by Gasteiger charge is -2.02. The van der Waals surface area contributed by atoms with Gasteiger partial charge in [0.2, 0.25) is 0 Å². The van der Waals surface area contributed by atoms with Gasteiger partial charge in [-0.25, -0.2) is 4.79 Å². The first-order valence-corrected chi connectivity index (χ1v) is 4.38. The quantitative estimate of drug-likeness (QED) is 0.698. The highest BCUT2D eigenvalue weighted by molar-refractivity contribution is 6.29. The third-order valence-corrected chi connectivity index (χ3v) is 2.16. The number of nitrogens with one attached hydrogen (secondary N) is 1. The zero-order valence-corrected chi connectivity index (χ0v) is 7.95. The summed E-state index contributed by atoms with van der Waals surface area (Å²) in [5.41, 5.74) is 6.60. The maximum Gasteiger partial charge on any atom is 0.331 e. The second-order valence-corrected chi connectivity index (χ2v) is 3.23. The van der Waals surface area contributed by atoms with Crippen LogP contribution in [0.25, 0.3) is 5.69 Å². The van der Waals surface area contributed by atoms with E-state index in [1.54, 1.807) is 24.3 Å². The van der Waals surface area contributed by atoms with E-state index in [0.717, 1.165) is 0 Å². The normalized spacial score (nSPS) is 10.4. The number of aromatic amines is 1. The Kier molecular flexibility index (Phi) is 2.05. The van der Waals surface area contributed by atoms with Crippen LogP contribution in [0, 0.1) is 0 Å². The minimum atomic E-state index is -0.264. The highest BCUT2D eigenvalue weighted by Gasteiger charge is 2.04. The van der Waals surface area contributed by atoms with E-state index in [9.17, 15) is 4.79 Å². The molecule has 0 fully saturated rings. The van der Waals surface area contributed by atoms with E-state index < -0.39 is 0 Å². The van der Waals surface area contributed by atoms with Gasteiger partial charge in [0.1, 0.15) is 5.15 Å². The summed E-state index contributed by atoms with van der Waals surface area (Å²) < 4.78 is 1.36. The number of benzene rings is 1. The minimum Gasteiger partial charge on any atom is -0.399 e. The molecule has 1 aromatic heterocycles. The molecule has 0 bridgehead atoms. The minimum absolute atomic E-state index is 0.264. The zero-order valence-electron chi connectivity index (χ0n) is 7.20. The molecule has 1 heterocycles. The molecule has 0 aliphatic rings. The van der Waals surface area contributed by atoms with Crippen LogP contribution in [0.1, 0.15) is 0 Å². The van der Waals surface area contributed by atoms with Gasteiger partial charge in [-0.15, -0.1) is 0 Å². The Morgan fingerprint density at radius 2 is 1.93 bits per heavy atom. The van der Waals surface area contributed by atoms with Crippen molar-refractivity contribution in [3.63, 3.8) is 0 Å². The van der Waals surface area contributed by atoms with Crippen molar-refractivity contribution < 1.29 is 0 Å². The maximum atomic E-state index is 11.3. The predicted molar refractivity (Wildman–Crippen MR) is 55.8 cm³/mol. The van der Waals surface area contributed by atoms with Gasteiger partial charge < -0.3 is 10.7 Å². The smallest absolute Gasteiger partial charge is 0.331 e. The van der Waals surface area contributed by atoms with Gasteiger partial charge in [0.15, 0.2) is 0 Å². The van der Waals surface area contributed by atoms with Gasteiger partial charge in [-0.05, 0) is 24.3 Å². The van der Waals surface area contributed by atoms with Crippen LogP contribution in [0.2, 0.25) is 5.15 Å². The Balaban J connectivity index is 2.60. The van der Waals surface area contributed by atoms with Crippen LogP contribution in [0.5, 0.6) is 0 Å². The Hall–Kier alpha value is -1.68. The van der Waals surface area contributed by atoms with Crippen LogP contribution >= 0.6 is 11.6 Å². The predicted octanol–water partition coefficient (Wildman–Crippen LogP) is 1.40. The van der Waals surface area contributed by atoms with Crippen LogP contribution in [-0.2, 0) is 0 Å². The summed E-state index contributed by atoms with van der Waals surface area (Å²) in [6.07, 6.45) is 1.44. The molecular weight excluding hydrogens is 202 g/mol. The van der Waals surface area contributed by atoms with Gasteiger partial charge in [-0.1, -0.05) is 11.6 Å². The lowest BCUT2D eigenvalue weighted by Crippen LogP contribution is -2.14. The highest BCUT2D eigenvalue weighted by Crippen LogP contribution is 2.13. The molecule has 0 aliphatic heterocycles. The Bertz CT molecular complexity index is 498. The number of rotatable bonds is 1. The van der Waals surface area contributed by atoms with Crippen molar-refractivity contribution in [2.24, 2.45) is 0 Å². The SMILES string of the molecule is Nc1ccc(-n2c(Cl)c[nH]c2=O)cc1. The second-order valence-electron chi connectivity index (χ2n) is 2.84. The third kappa shape index (κ3) is 1.40. The number of aromatic nitrogens is 2. The fourth-order valence-corrected chi connectivity index (χ4v) is 1.44. The summed E-state index contributed by atoms with van der Waals surface area (Å²) in [5, 5.41) is 0.347. The monoisotopic (exact) mass is 209 g/mol. The van der Waals surface area contributed by atoms with E-state index in [-0.39, 0.29) is 5.69 Å².